The molecule has 2 N–H and O–H groups in total. The molecule has 0 saturated heterocycles. The van der Waals surface area contributed by atoms with Crippen molar-refractivity contribution in [2.45, 2.75) is 25.7 Å². The van der Waals surface area contributed by atoms with Gasteiger partial charge in [-0.05, 0) is 30.7 Å². The van der Waals surface area contributed by atoms with Crippen molar-refractivity contribution in [1.82, 2.24) is 19.9 Å². The van der Waals surface area contributed by atoms with Gasteiger partial charge in [-0.2, -0.15) is 0 Å². The summed E-state index contributed by atoms with van der Waals surface area (Å²) in [6.07, 6.45) is 1.94. The third kappa shape index (κ3) is 2.37. The maximum absolute atomic E-state index is 4.68. The molecule has 0 unspecified atom stereocenters. The van der Waals surface area contributed by atoms with E-state index in [1.807, 2.05) is 36.4 Å². The van der Waals surface area contributed by atoms with Crippen molar-refractivity contribution in [3.05, 3.63) is 60.2 Å². The van der Waals surface area contributed by atoms with Crippen LogP contribution in [0.2, 0.25) is 0 Å². The number of nitrogens with one attached hydrogen (secondary N) is 2. The van der Waals surface area contributed by atoms with E-state index in [1.165, 1.54) is 0 Å². The van der Waals surface area contributed by atoms with Gasteiger partial charge in [0.2, 0.25) is 0 Å². The summed E-state index contributed by atoms with van der Waals surface area (Å²) in [6.45, 7) is 2.21. The summed E-state index contributed by atoms with van der Waals surface area (Å²) in [7, 11) is 0. The van der Waals surface area contributed by atoms with Gasteiger partial charge in [-0.25, -0.2) is 9.97 Å². The van der Waals surface area contributed by atoms with Gasteiger partial charge >= 0.3 is 0 Å². The van der Waals surface area contributed by atoms with Crippen molar-refractivity contribution in [2.75, 3.05) is 0 Å². The topological polar surface area (TPSA) is 57.4 Å². The van der Waals surface area contributed by atoms with Gasteiger partial charge in [0.05, 0.1) is 22.1 Å². The first-order valence-corrected chi connectivity index (χ1v) is 7.68. The molecule has 0 saturated carbocycles. The van der Waals surface area contributed by atoms with Gasteiger partial charge in [0.1, 0.15) is 11.6 Å². The largest absolute Gasteiger partial charge is 0.342 e. The molecule has 4 heteroatoms. The number of aromatic nitrogens is 4. The lowest BCUT2D eigenvalue weighted by molar-refractivity contribution is 0.636. The van der Waals surface area contributed by atoms with E-state index in [0.29, 0.717) is 5.92 Å². The Labute approximate surface area is 128 Å². The standard InChI is InChI=1S/C18H18N4/c1-12(18-21-15-8-4-5-9-16(15)22-18)10-11-17-19-13-6-2-3-7-14(13)20-17/h2-9,12H,10-11H2,1H3,(H,19,20)(H,21,22)/t12-/m0/s1. The third-order valence-corrected chi connectivity index (χ3v) is 4.13. The molecular formula is C18H18N4. The van der Waals surface area contributed by atoms with Gasteiger partial charge in [0.25, 0.3) is 0 Å². The first-order chi connectivity index (χ1) is 10.8. The molecule has 0 amide bonds. The van der Waals surface area contributed by atoms with Crippen molar-refractivity contribution in [3.8, 4) is 0 Å². The molecule has 0 bridgehead atoms. The predicted octanol–water partition coefficient (Wildman–Crippen LogP) is 4.18. The number of benzene rings is 2. The number of aromatic amines is 2. The van der Waals surface area contributed by atoms with Gasteiger partial charge in [0.15, 0.2) is 0 Å². The van der Waals surface area contributed by atoms with Gasteiger partial charge in [-0.3, -0.25) is 0 Å². The normalized spacial score (nSPS) is 13.0. The number of fused-ring (bicyclic) bond motifs is 2. The second-order valence-electron chi connectivity index (χ2n) is 5.78. The summed E-state index contributed by atoms with van der Waals surface area (Å²) in [5.74, 6) is 2.47. The van der Waals surface area contributed by atoms with E-state index in [2.05, 4.69) is 39.0 Å². The molecule has 22 heavy (non-hydrogen) atoms. The zero-order chi connectivity index (χ0) is 14.9. The highest BCUT2D eigenvalue weighted by Gasteiger charge is 2.12. The first-order valence-electron chi connectivity index (χ1n) is 7.68. The fourth-order valence-electron chi connectivity index (χ4n) is 2.82. The number of nitrogens with zero attached hydrogens (tertiary/aromatic N) is 2. The van der Waals surface area contributed by atoms with Crippen LogP contribution in [0.4, 0.5) is 0 Å². The molecule has 4 aromatic rings. The van der Waals surface area contributed by atoms with Crippen LogP contribution in [0.15, 0.2) is 48.5 Å². The second-order valence-corrected chi connectivity index (χ2v) is 5.78. The quantitative estimate of drug-likeness (QED) is 0.592. The summed E-state index contributed by atoms with van der Waals surface area (Å²) in [6, 6.07) is 16.3. The number of para-hydroxylation sites is 4. The Morgan fingerprint density at radius 1 is 0.864 bits per heavy atom. The number of imidazole rings is 2. The smallest absolute Gasteiger partial charge is 0.110 e. The highest BCUT2D eigenvalue weighted by Crippen LogP contribution is 2.22. The van der Waals surface area contributed by atoms with Crippen molar-refractivity contribution >= 4 is 22.1 Å². The lowest BCUT2D eigenvalue weighted by Gasteiger charge is -2.06. The summed E-state index contributed by atoms with van der Waals surface area (Å²) in [5, 5.41) is 0. The van der Waals surface area contributed by atoms with Gasteiger partial charge < -0.3 is 9.97 Å². The van der Waals surface area contributed by atoms with Crippen molar-refractivity contribution < 1.29 is 0 Å². The predicted molar refractivity (Wildman–Crippen MR) is 88.9 cm³/mol. The molecule has 0 aliphatic rings. The van der Waals surface area contributed by atoms with Crippen LogP contribution < -0.4 is 0 Å². The summed E-state index contributed by atoms with van der Waals surface area (Å²) >= 11 is 0. The van der Waals surface area contributed by atoms with Crippen molar-refractivity contribution in [2.24, 2.45) is 0 Å². The fraction of sp³-hybridized carbons (Fsp3) is 0.222. The van der Waals surface area contributed by atoms with E-state index < -0.39 is 0 Å². The third-order valence-electron chi connectivity index (χ3n) is 4.13. The van der Waals surface area contributed by atoms with Crippen molar-refractivity contribution in [1.29, 1.82) is 0 Å². The minimum atomic E-state index is 0.376. The summed E-state index contributed by atoms with van der Waals surface area (Å²) in [5.41, 5.74) is 4.28. The molecule has 2 aromatic heterocycles. The second kappa shape index (κ2) is 5.30. The maximum Gasteiger partial charge on any atom is 0.110 e. The Morgan fingerprint density at radius 3 is 2.18 bits per heavy atom. The average molecular weight is 290 g/mol. The molecule has 110 valence electrons. The molecule has 1 atom stereocenters. The van der Waals surface area contributed by atoms with Crippen LogP contribution in [-0.4, -0.2) is 19.9 Å². The minimum Gasteiger partial charge on any atom is -0.342 e. The van der Waals surface area contributed by atoms with Crippen LogP contribution in [0, 0.1) is 0 Å². The average Bonchev–Trinajstić information content (AvgIpc) is 3.15. The Bertz CT molecular complexity index is 853. The van der Waals surface area contributed by atoms with E-state index >= 15 is 0 Å². The number of hydrogen-bond donors (Lipinski definition) is 2. The molecule has 0 radical (unpaired) electrons. The van der Waals surface area contributed by atoms with Gasteiger partial charge in [-0.15, -0.1) is 0 Å². The molecular weight excluding hydrogens is 272 g/mol. The van der Waals surface area contributed by atoms with Crippen molar-refractivity contribution in [3.63, 3.8) is 0 Å². The highest BCUT2D eigenvalue weighted by molar-refractivity contribution is 5.75. The van der Waals surface area contributed by atoms with E-state index in [1.54, 1.807) is 0 Å². The molecule has 0 aliphatic carbocycles. The number of H-pyrrole nitrogens is 2. The van der Waals surface area contributed by atoms with Crippen LogP contribution in [0.5, 0.6) is 0 Å². The van der Waals surface area contributed by atoms with E-state index in [0.717, 1.165) is 46.6 Å². The molecule has 2 aromatic carbocycles. The Morgan fingerprint density at radius 2 is 1.50 bits per heavy atom. The molecule has 2 heterocycles. The van der Waals surface area contributed by atoms with Crippen LogP contribution in [0.1, 0.15) is 30.9 Å². The fourth-order valence-corrected chi connectivity index (χ4v) is 2.82. The number of hydrogen-bond acceptors (Lipinski definition) is 2. The van der Waals surface area contributed by atoms with Crippen LogP contribution in [0.3, 0.4) is 0 Å². The highest BCUT2D eigenvalue weighted by atomic mass is 14.9. The number of aryl methyl sites for hydroxylation is 1. The van der Waals surface area contributed by atoms with E-state index in [9.17, 15) is 0 Å². The van der Waals surface area contributed by atoms with E-state index in [-0.39, 0.29) is 0 Å². The minimum absolute atomic E-state index is 0.376. The summed E-state index contributed by atoms with van der Waals surface area (Å²) in [4.78, 5) is 16.1. The van der Waals surface area contributed by atoms with E-state index in [4.69, 9.17) is 0 Å². The first kappa shape index (κ1) is 13.1. The molecule has 4 nitrogen and oxygen atoms in total. The molecule has 4 rings (SSSR count). The van der Waals surface area contributed by atoms with Crippen LogP contribution in [0.25, 0.3) is 22.1 Å². The zero-order valence-electron chi connectivity index (χ0n) is 12.5. The number of rotatable bonds is 4. The Hall–Kier alpha value is -2.62. The summed E-state index contributed by atoms with van der Waals surface area (Å²) < 4.78 is 0. The Balaban J connectivity index is 1.50. The maximum atomic E-state index is 4.68. The monoisotopic (exact) mass is 290 g/mol. The molecule has 0 aliphatic heterocycles. The molecule has 0 fully saturated rings. The lowest BCUT2D eigenvalue weighted by Crippen LogP contribution is -1.99. The molecule has 0 spiro atoms. The Kier molecular flexibility index (Phi) is 3.15. The SMILES string of the molecule is C[C@@H](CCc1nc2ccccc2[nH]1)c1nc2ccccc2[nH]1. The van der Waals surface area contributed by atoms with Crippen LogP contribution >= 0.6 is 0 Å². The van der Waals surface area contributed by atoms with Gasteiger partial charge in [0, 0.05) is 12.3 Å². The lowest BCUT2D eigenvalue weighted by atomic mass is 10.1. The zero-order valence-corrected chi connectivity index (χ0v) is 12.5. The van der Waals surface area contributed by atoms with Crippen LogP contribution in [-0.2, 0) is 6.42 Å². The van der Waals surface area contributed by atoms with Gasteiger partial charge in [-0.1, -0.05) is 31.2 Å².